The van der Waals surface area contributed by atoms with Crippen LogP contribution in [0.4, 0.5) is 11.4 Å². The van der Waals surface area contributed by atoms with E-state index >= 15 is 0 Å². The summed E-state index contributed by atoms with van der Waals surface area (Å²) in [6, 6.07) is 6.90. The number of anilines is 2. The molecular formula is C16H22N4. The van der Waals surface area contributed by atoms with Gasteiger partial charge in [0.1, 0.15) is 0 Å². The second-order valence-corrected chi connectivity index (χ2v) is 5.64. The highest BCUT2D eigenvalue weighted by Crippen LogP contribution is 2.26. The van der Waals surface area contributed by atoms with Crippen molar-refractivity contribution in [2.24, 2.45) is 0 Å². The second-order valence-electron chi connectivity index (χ2n) is 5.64. The van der Waals surface area contributed by atoms with Crippen LogP contribution in [0, 0.1) is 0 Å². The van der Waals surface area contributed by atoms with Gasteiger partial charge in [-0.25, -0.2) is 4.98 Å². The summed E-state index contributed by atoms with van der Waals surface area (Å²) in [6.45, 7) is 0.813. The first-order valence-electron chi connectivity index (χ1n) is 7.42. The van der Waals surface area contributed by atoms with E-state index in [1.165, 1.54) is 37.7 Å². The summed E-state index contributed by atoms with van der Waals surface area (Å²) in [7, 11) is 0. The van der Waals surface area contributed by atoms with Crippen LogP contribution in [0.5, 0.6) is 0 Å². The van der Waals surface area contributed by atoms with E-state index in [2.05, 4.69) is 28.5 Å². The quantitative estimate of drug-likeness (QED) is 0.838. The van der Waals surface area contributed by atoms with Crippen molar-refractivity contribution >= 4 is 11.4 Å². The minimum atomic E-state index is 0.588. The van der Waals surface area contributed by atoms with Crippen LogP contribution >= 0.6 is 0 Å². The van der Waals surface area contributed by atoms with Gasteiger partial charge >= 0.3 is 0 Å². The lowest BCUT2D eigenvalue weighted by Crippen LogP contribution is -2.22. The molecule has 3 rings (SSSR count). The molecule has 4 heteroatoms. The summed E-state index contributed by atoms with van der Waals surface area (Å²) in [6.07, 6.45) is 12.1. The zero-order valence-electron chi connectivity index (χ0n) is 11.8. The molecule has 0 radical (unpaired) electrons. The van der Waals surface area contributed by atoms with Crippen molar-refractivity contribution in [3.63, 3.8) is 0 Å². The molecule has 2 aromatic rings. The van der Waals surface area contributed by atoms with Gasteiger partial charge in [0.25, 0.3) is 0 Å². The van der Waals surface area contributed by atoms with Gasteiger partial charge in [-0.05, 0) is 30.5 Å². The topological polar surface area (TPSA) is 55.9 Å². The molecule has 1 fully saturated rings. The summed E-state index contributed by atoms with van der Waals surface area (Å²) in [5, 5.41) is 3.59. The van der Waals surface area contributed by atoms with Crippen LogP contribution in [-0.4, -0.2) is 15.6 Å². The van der Waals surface area contributed by atoms with E-state index in [0.29, 0.717) is 6.04 Å². The number of benzene rings is 1. The molecule has 1 aliphatic rings. The molecule has 0 bridgehead atoms. The Morgan fingerprint density at radius 2 is 2.10 bits per heavy atom. The smallest absolute Gasteiger partial charge is 0.0949 e. The SMILES string of the molecule is Nc1cc(Cn2ccnc2)ccc1NC1CCCCC1. The highest BCUT2D eigenvalue weighted by molar-refractivity contribution is 5.67. The third kappa shape index (κ3) is 3.13. The Morgan fingerprint density at radius 1 is 1.25 bits per heavy atom. The Balaban J connectivity index is 1.67. The molecule has 106 valence electrons. The van der Waals surface area contributed by atoms with Crippen LogP contribution in [-0.2, 0) is 6.54 Å². The van der Waals surface area contributed by atoms with Gasteiger partial charge in [0, 0.05) is 25.0 Å². The zero-order valence-corrected chi connectivity index (χ0v) is 11.8. The van der Waals surface area contributed by atoms with Crippen LogP contribution in [0.2, 0.25) is 0 Å². The van der Waals surface area contributed by atoms with Crippen molar-refractivity contribution in [3.05, 3.63) is 42.5 Å². The lowest BCUT2D eigenvalue weighted by atomic mass is 9.95. The van der Waals surface area contributed by atoms with Crippen LogP contribution in [0.25, 0.3) is 0 Å². The molecule has 1 aromatic carbocycles. The molecular weight excluding hydrogens is 248 g/mol. The average molecular weight is 270 g/mol. The number of imidazole rings is 1. The van der Waals surface area contributed by atoms with Crippen molar-refractivity contribution in [2.45, 2.75) is 44.7 Å². The monoisotopic (exact) mass is 270 g/mol. The van der Waals surface area contributed by atoms with E-state index in [4.69, 9.17) is 5.73 Å². The number of aromatic nitrogens is 2. The minimum absolute atomic E-state index is 0.588. The van der Waals surface area contributed by atoms with Gasteiger partial charge in [-0.15, -0.1) is 0 Å². The number of rotatable bonds is 4. The van der Waals surface area contributed by atoms with Gasteiger partial charge < -0.3 is 15.6 Å². The Labute approximate surface area is 120 Å². The molecule has 20 heavy (non-hydrogen) atoms. The van der Waals surface area contributed by atoms with Crippen molar-refractivity contribution in [3.8, 4) is 0 Å². The van der Waals surface area contributed by atoms with Gasteiger partial charge in [-0.3, -0.25) is 0 Å². The molecule has 0 atom stereocenters. The molecule has 4 nitrogen and oxygen atoms in total. The van der Waals surface area contributed by atoms with Crippen LogP contribution in [0.3, 0.4) is 0 Å². The summed E-state index contributed by atoms with van der Waals surface area (Å²) in [5.41, 5.74) is 9.30. The first kappa shape index (κ1) is 13.0. The van der Waals surface area contributed by atoms with Crippen LogP contribution < -0.4 is 11.1 Å². The minimum Gasteiger partial charge on any atom is -0.397 e. The first-order valence-corrected chi connectivity index (χ1v) is 7.42. The normalized spacial score (nSPS) is 16.2. The Bertz CT molecular complexity index is 542. The number of nitrogen functional groups attached to an aromatic ring is 1. The second kappa shape index (κ2) is 5.99. The van der Waals surface area contributed by atoms with Crippen molar-refractivity contribution in [1.82, 2.24) is 9.55 Å². The van der Waals surface area contributed by atoms with Crippen molar-refractivity contribution in [1.29, 1.82) is 0 Å². The Kier molecular flexibility index (Phi) is 3.90. The highest BCUT2D eigenvalue weighted by atomic mass is 15.0. The van der Waals surface area contributed by atoms with Crippen LogP contribution in [0.15, 0.2) is 36.9 Å². The zero-order chi connectivity index (χ0) is 13.8. The predicted molar refractivity (Wildman–Crippen MR) is 82.7 cm³/mol. The molecule has 0 unspecified atom stereocenters. The summed E-state index contributed by atoms with van der Waals surface area (Å²) < 4.78 is 2.04. The molecule has 1 saturated carbocycles. The van der Waals surface area contributed by atoms with Gasteiger partial charge in [0.15, 0.2) is 0 Å². The lowest BCUT2D eigenvalue weighted by molar-refractivity contribution is 0.463. The van der Waals surface area contributed by atoms with Gasteiger partial charge in [-0.2, -0.15) is 0 Å². The Morgan fingerprint density at radius 3 is 2.80 bits per heavy atom. The third-order valence-electron chi connectivity index (χ3n) is 4.01. The molecule has 1 heterocycles. The number of nitrogens with one attached hydrogen (secondary N) is 1. The lowest BCUT2D eigenvalue weighted by Gasteiger charge is -2.24. The molecule has 0 aliphatic heterocycles. The van der Waals surface area contributed by atoms with Crippen molar-refractivity contribution < 1.29 is 0 Å². The number of nitrogens with zero attached hydrogens (tertiary/aromatic N) is 2. The molecule has 1 aliphatic carbocycles. The van der Waals surface area contributed by atoms with Gasteiger partial charge in [0.2, 0.25) is 0 Å². The largest absolute Gasteiger partial charge is 0.397 e. The maximum atomic E-state index is 6.18. The third-order valence-corrected chi connectivity index (χ3v) is 4.01. The fourth-order valence-electron chi connectivity index (χ4n) is 2.90. The molecule has 0 amide bonds. The standard InChI is InChI=1S/C16H22N4/c17-15-10-13(11-20-9-8-18-12-20)6-7-16(15)19-14-4-2-1-3-5-14/h6-10,12,14,19H,1-5,11,17H2. The van der Waals surface area contributed by atoms with Crippen molar-refractivity contribution in [2.75, 3.05) is 11.1 Å². The summed E-state index contributed by atoms with van der Waals surface area (Å²) in [4.78, 5) is 4.06. The predicted octanol–water partition coefficient (Wildman–Crippen LogP) is 3.26. The number of nitrogens with two attached hydrogens (primary N) is 1. The Hall–Kier alpha value is -1.97. The number of hydrogen-bond donors (Lipinski definition) is 2. The molecule has 1 aromatic heterocycles. The number of hydrogen-bond acceptors (Lipinski definition) is 3. The fourth-order valence-corrected chi connectivity index (χ4v) is 2.90. The van der Waals surface area contributed by atoms with Gasteiger partial charge in [-0.1, -0.05) is 25.3 Å². The fraction of sp³-hybridized carbons (Fsp3) is 0.438. The molecule has 3 N–H and O–H groups in total. The van der Waals surface area contributed by atoms with E-state index < -0.39 is 0 Å². The maximum absolute atomic E-state index is 6.18. The van der Waals surface area contributed by atoms with Crippen LogP contribution in [0.1, 0.15) is 37.7 Å². The van der Waals surface area contributed by atoms with E-state index in [1.807, 2.05) is 17.1 Å². The van der Waals surface area contributed by atoms with E-state index in [1.54, 1.807) is 6.20 Å². The average Bonchev–Trinajstić information content (AvgIpc) is 2.96. The summed E-state index contributed by atoms with van der Waals surface area (Å²) in [5.74, 6) is 0. The molecule has 0 saturated heterocycles. The van der Waals surface area contributed by atoms with Gasteiger partial charge in [0.05, 0.1) is 17.7 Å². The van der Waals surface area contributed by atoms with E-state index in [0.717, 1.165) is 17.9 Å². The van der Waals surface area contributed by atoms with E-state index in [-0.39, 0.29) is 0 Å². The highest BCUT2D eigenvalue weighted by Gasteiger charge is 2.14. The maximum Gasteiger partial charge on any atom is 0.0949 e. The molecule has 0 spiro atoms. The summed E-state index contributed by atoms with van der Waals surface area (Å²) >= 11 is 0. The van der Waals surface area contributed by atoms with E-state index in [9.17, 15) is 0 Å². The first-order chi connectivity index (χ1) is 9.81.